The molecule has 0 aliphatic carbocycles. The minimum Gasteiger partial charge on any atom is -0.444 e. The largest absolute Gasteiger partial charge is 0.444 e. The molecule has 6 nitrogen and oxygen atoms in total. The minimum atomic E-state index is -0.474. The van der Waals surface area contributed by atoms with Crippen LogP contribution in [0.25, 0.3) is 0 Å². The molecule has 2 aliphatic rings. The first-order chi connectivity index (χ1) is 9.29. The van der Waals surface area contributed by atoms with Crippen molar-refractivity contribution in [3.05, 3.63) is 22.1 Å². The summed E-state index contributed by atoms with van der Waals surface area (Å²) in [5, 5.41) is 2.82. The van der Waals surface area contributed by atoms with E-state index in [4.69, 9.17) is 4.74 Å². The van der Waals surface area contributed by atoms with Crippen LogP contribution in [0.2, 0.25) is 0 Å². The van der Waals surface area contributed by atoms with Gasteiger partial charge in [-0.15, -0.1) is 0 Å². The van der Waals surface area contributed by atoms with E-state index >= 15 is 0 Å². The third-order valence-corrected chi connectivity index (χ3v) is 4.17. The minimum absolute atomic E-state index is 0.0604. The highest BCUT2D eigenvalue weighted by Crippen LogP contribution is 2.41. The summed E-state index contributed by atoms with van der Waals surface area (Å²) in [5.74, 6) is 0. The number of fused-ring (bicyclic) bond motifs is 2. The van der Waals surface area contributed by atoms with E-state index < -0.39 is 5.60 Å². The Bertz CT molecular complexity index is 596. The van der Waals surface area contributed by atoms with Crippen molar-refractivity contribution >= 4 is 6.09 Å². The molecule has 20 heavy (non-hydrogen) atoms. The highest BCUT2D eigenvalue weighted by atomic mass is 16.6. The molecule has 1 atom stereocenters. The van der Waals surface area contributed by atoms with Gasteiger partial charge in [-0.1, -0.05) is 0 Å². The van der Waals surface area contributed by atoms with Crippen molar-refractivity contribution in [3.63, 3.8) is 0 Å². The molecule has 3 rings (SSSR count). The van der Waals surface area contributed by atoms with Crippen LogP contribution >= 0.6 is 0 Å². The Balaban J connectivity index is 1.77. The first-order valence-corrected chi connectivity index (χ1v) is 7.07. The number of likely N-dealkylation sites (tertiary alicyclic amines) is 1. The summed E-state index contributed by atoms with van der Waals surface area (Å²) >= 11 is 0. The molecule has 1 aromatic heterocycles. The molecule has 0 saturated carbocycles. The van der Waals surface area contributed by atoms with Crippen LogP contribution in [0.3, 0.4) is 0 Å². The Morgan fingerprint density at radius 1 is 1.35 bits per heavy atom. The molecule has 0 bridgehead atoms. The number of nitrogens with one attached hydrogen (secondary N) is 1. The lowest BCUT2D eigenvalue weighted by atomic mass is 9.83. The third-order valence-electron chi connectivity index (χ3n) is 4.17. The van der Waals surface area contributed by atoms with E-state index in [-0.39, 0.29) is 17.1 Å². The second-order valence-corrected chi connectivity index (χ2v) is 6.84. The summed E-state index contributed by atoms with van der Waals surface area (Å²) in [4.78, 5) is 25.4. The number of hydrogen-bond acceptors (Lipinski definition) is 3. The number of amides is 1. The van der Waals surface area contributed by atoms with Crippen molar-refractivity contribution < 1.29 is 9.53 Å². The maximum atomic E-state index is 12.1. The molecule has 2 aliphatic heterocycles. The average Bonchev–Trinajstić information content (AvgIpc) is 2.95. The Morgan fingerprint density at radius 3 is 2.75 bits per heavy atom. The molecule has 1 amide bonds. The molecular weight excluding hydrogens is 258 g/mol. The zero-order valence-electron chi connectivity index (χ0n) is 12.2. The lowest BCUT2D eigenvalue weighted by molar-refractivity contribution is 0.0284. The van der Waals surface area contributed by atoms with Crippen LogP contribution in [0.1, 0.15) is 39.3 Å². The zero-order valence-corrected chi connectivity index (χ0v) is 12.2. The van der Waals surface area contributed by atoms with Gasteiger partial charge in [0.25, 0.3) is 5.56 Å². The Hall–Kier alpha value is -1.72. The summed E-state index contributed by atoms with van der Waals surface area (Å²) in [7, 11) is 0. The predicted molar refractivity (Wildman–Crippen MR) is 73.8 cm³/mol. The Kier molecular flexibility index (Phi) is 2.74. The average molecular weight is 279 g/mol. The first kappa shape index (κ1) is 13.3. The van der Waals surface area contributed by atoms with Crippen LogP contribution in [0.15, 0.2) is 10.9 Å². The summed E-state index contributed by atoms with van der Waals surface area (Å²) in [6.45, 7) is 7.76. The molecule has 1 aromatic rings. The molecule has 6 heteroatoms. The molecular formula is C14H21N3O3. The van der Waals surface area contributed by atoms with E-state index in [9.17, 15) is 9.59 Å². The number of aromatic nitrogens is 2. The van der Waals surface area contributed by atoms with Crippen LogP contribution in [-0.2, 0) is 16.7 Å². The second-order valence-electron chi connectivity index (χ2n) is 6.84. The highest BCUT2D eigenvalue weighted by Gasteiger charge is 2.47. The standard InChI is InChI=1S/C14H21N3O3/c1-13(2,3)20-12(19)16-6-4-14(9-16)5-7-17-10(14)8-11(18)15-17/h8H,4-7,9H2,1-3H3,(H,15,18). The maximum absolute atomic E-state index is 12.1. The predicted octanol–water partition coefficient (Wildman–Crippen LogP) is 1.46. The van der Waals surface area contributed by atoms with Crippen LogP contribution in [0.4, 0.5) is 4.79 Å². The van der Waals surface area contributed by atoms with Gasteiger partial charge in [0, 0.05) is 36.8 Å². The normalized spacial score (nSPS) is 25.2. The van der Waals surface area contributed by atoms with Gasteiger partial charge in [0.05, 0.1) is 0 Å². The van der Waals surface area contributed by atoms with E-state index in [1.54, 1.807) is 11.0 Å². The Morgan fingerprint density at radius 2 is 2.05 bits per heavy atom. The lowest BCUT2D eigenvalue weighted by Gasteiger charge is -2.26. The number of aryl methyl sites for hydroxylation is 1. The molecule has 110 valence electrons. The van der Waals surface area contributed by atoms with Gasteiger partial charge in [0.2, 0.25) is 0 Å². The van der Waals surface area contributed by atoms with Crippen molar-refractivity contribution in [2.75, 3.05) is 13.1 Å². The monoisotopic (exact) mass is 279 g/mol. The summed E-state index contributed by atoms with van der Waals surface area (Å²) in [6, 6.07) is 1.67. The van der Waals surface area contributed by atoms with Gasteiger partial charge in [-0.05, 0) is 33.6 Å². The smallest absolute Gasteiger partial charge is 0.410 e. The molecule has 1 saturated heterocycles. The Labute approximate surface area is 117 Å². The number of H-pyrrole nitrogens is 1. The van der Waals surface area contributed by atoms with Crippen molar-refractivity contribution in [2.24, 2.45) is 0 Å². The van der Waals surface area contributed by atoms with E-state index in [0.29, 0.717) is 13.1 Å². The van der Waals surface area contributed by atoms with Crippen LogP contribution in [0.5, 0.6) is 0 Å². The molecule has 0 aromatic carbocycles. The molecule has 1 fully saturated rings. The lowest BCUT2D eigenvalue weighted by Crippen LogP contribution is -2.37. The molecule has 1 spiro atoms. The summed E-state index contributed by atoms with van der Waals surface area (Å²) < 4.78 is 7.35. The third kappa shape index (κ3) is 2.13. The van der Waals surface area contributed by atoms with Crippen LogP contribution in [0, 0.1) is 0 Å². The maximum Gasteiger partial charge on any atom is 0.410 e. The van der Waals surface area contributed by atoms with Crippen molar-refractivity contribution in [2.45, 2.75) is 51.2 Å². The topological polar surface area (TPSA) is 67.3 Å². The fourth-order valence-electron chi connectivity index (χ4n) is 3.27. The van der Waals surface area contributed by atoms with Gasteiger partial charge >= 0.3 is 6.09 Å². The SMILES string of the molecule is CC(C)(C)OC(=O)N1CCC2(CCn3[nH]c(=O)cc32)C1. The number of hydrogen-bond donors (Lipinski definition) is 1. The van der Waals surface area contributed by atoms with Gasteiger partial charge in [0.1, 0.15) is 5.60 Å². The van der Waals surface area contributed by atoms with Gasteiger partial charge in [-0.3, -0.25) is 14.6 Å². The van der Waals surface area contributed by atoms with E-state index in [0.717, 1.165) is 25.1 Å². The van der Waals surface area contributed by atoms with E-state index in [1.165, 1.54) is 0 Å². The van der Waals surface area contributed by atoms with Crippen molar-refractivity contribution in [1.29, 1.82) is 0 Å². The zero-order chi connectivity index (χ0) is 14.5. The summed E-state index contributed by atoms with van der Waals surface area (Å²) in [5.41, 5.74) is 0.428. The summed E-state index contributed by atoms with van der Waals surface area (Å²) in [6.07, 6.45) is 1.60. The number of ether oxygens (including phenoxy) is 1. The number of carbonyl (C=O) groups excluding carboxylic acids is 1. The number of aromatic amines is 1. The van der Waals surface area contributed by atoms with Gasteiger partial charge in [-0.25, -0.2) is 4.79 Å². The molecule has 1 N–H and O–H groups in total. The van der Waals surface area contributed by atoms with E-state index in [2.05, 4.69) is 5.10 Å². The van der Waals surface area contributed by atoms with Crippen molar-refractivity contribution in [3.8, 4) is 0 Å². The first-order valence-electron chi connectivity index (χ1n) is 7.07. The van der Waals surface area contributed by atoms with Gasteiger partial charge in [-0.2, -0.15) is 0 Å². The number of carbonyl (C=O) groups is 1. The molecule has 1 unspecified atom stereocenters. The molecule has 3 heterocycles. The quantitative estimate of drug-likeness (QED) is 0.781. The van der Waals surface area contributed by atoms with Gasteiger partial charge in [0.15, 0.2) is 0 Å². The van der Waals surface area contributed by atoms with Crippen LogP contribution in [-0.4, -0.2) is 39.5 Å². The molecule has 0 radical (unpaired) electrons. The second kappa shape index (κ2) is 4.14. The number of nitrogens with zero attached hydrogens (tertiary/aromatic N) is 2. The fourth-order valence-corrected chi connectivity index (χ4v) is 3.27. The fraction of sp³-hybridized carbons (Fsp3) is 0.714. The van der Waals surface area contributed by atoms with Gasteiger partial charge < -0.3 is 9.64 Å². The van der Waals surface area contributed by atoms with Crippen molar-refractivity contribution in [1.82, 2.24) is 14.7 Å². The van der Waals surface area contributed by atoms with Crippen LogP contribution < -0.4 is 5.56 Å². The highest BCUT2D eigenvalue weighted by molar-refractivity contribution is 5.69. The van der Waals surface area contributed by atoms with E-state index in [1.807, 2.05) is 25.5 Å². The number of rotatable bonds is 0.